The zero-order valence-electron chi connectivity index (χ0n) is 13.7. The Morgan fingerprint density at radius 3 is 2.08 bits per heavy atom. The summed E-state index contributed by atoms with van der Waals surface area (Å²) in [7, 11) is 0. The summed E-state index contributed by atoms with van der Waals surface area (Å²) in [5.74, 6) is -0.419. The lowest BCUT2D eigenvalue weighted by molar-refractivity contribution is -0.114. The van der Waals surface area contributed by atoms with Gasteiger partial charge < -0.3 is 4.90 Å². The van der Waals surface area contributed by atoms with E-state index in [-0.39, 0.29) is 11.7 Å². The van der Waals surface area contributed by atoms with Gasteiger partial charge in [-0.2, -0.15) is 0 Å². The van der Waals surface area contributed by atoms with Crippen LogP contribution in [0.15, 0.2) is 91.0 Å². The van der Waals surface area contributed by atoms with Gasteiger partial charge in [-0.1, -0.05) is 60.7 Å². The van der Waals surface area contributed by atoms with Crippen LogP contribution in [-0.2, 0) is 11.3 Å². The monoisotopic (exact) mass is 331 g/mol. The number of amides is 1. The second-order valence-electron chi connectivity index (χ2n) is 5.63. The largest absolute Gasteiger partial charge is 0.304 e. The minimum absolute atomic E-state index is 0.126. The van der Waals surface area contributed by atoms with Crippen molar-refractivity contribution in [3.8, 4) is 0 Å². The molecule has 0 unspecified atom stereocenters. The van der Waals surface area contributed by atoms with Gasteiger partial charge in [0.2, 0.25) is 0 Å². The summed E-state index contributed by atoms with van der Waals surface area (Å²) < 4.78 is 13.0. The molecule has 124 valence electrons. The molecule has 3 heteroatoms. The van der Waals surface area contributed by atoms with Crippen molar-refractivity contribution in [1.82, 2.24) is 0 Å². The lowest BCUT2D eigenvalue weighted by Crippen LogP contribution is -2.28. The number of rotatable bonds is 5. The molecule has 0 aliphatic carbocycles. The highest BCUT2D eigenvalue weighted by molar-refractivity contribution is 6.03. The molecule has 3 aromatic rings. The molecular formula is C22H18FNO. The third-order valence-corrected chi connectivity index (χ3v) is 3.81. The van der Waals surface area contributed by atoms with E-state index in [0.29, 0.717) is 6.54 Å². The fourth-order valence-corrected chi connectivity index (χ4v) is 2.50. The number of para-hydroxylation sites is 1. The molecule has 0 saturated heterocycles. The summed E-state index contributed by atoms with van der Waals surface area (Å²) in [4.78, 5) is 14.5. The number of carbonyl (C=O) groups excluding carboxylic acids is 1. The van der Waals surface area contributed by atoms with Gasteiger partial charge in [0, 0.05) is 11.8 Å². The Morgan fingerprint density at radius 2 is 1.44 bits per heavy atom. The Balaban J connectivity index is 1.83. The maximum Gasteiger partial charge on any atom is 0.251 e. The van der Waals surface area contributed by atoms with E-state index < -0.39 is 0 Å². The van der Waals surface area contributed by atoms with E-state index in [1.165, 1.54) is 18.2 Å². The number of halogens is 1. The number of nitrogens with zero attached hydrogens (tertiary/aromatic N) is 1. The van der Waals surface area contributed by atoms with Crippen molar-refractivity contribution in [1.29, 1.82) is 0 Å². The van der Waals surface area contributed by atoms with Crippen molar-refractivity contribution in [2.75, 3.05) is 4.90 Å². The van der Waals surface area contributed by atoms with Crippen LogP contribution in [0.3, 0.4) is 0 Å². The van der Waals surface area contributed by atoms with Gasteiger partial charge in [-0.15, -0.1) is 0 Å². The van der Waals surface area contributed by atoms with Crippen molar-refractivity contribution in [2.24, 2.45) is 0 Å². The van der Waals surface area contributed by atoms with Crippen LogP contribution in [0.2, 0.25) is 0 Å². The topological polar surface area (TPSA) is 20.3 Å². The van der Waals surface area contributed by atoms with Crippen molar-refractivity contribution in [3.63, 3.8) is 0 Å². The van der Waals surface area contributed by atoms with Crippen LogP contribution < -0.4 is 4.90 Å². The first-order chi connectivity index (χ1) is 12.2. The van der Waals surface area contributed by atoms with Gasteiger partial charge >= 0.3 is 0 Å². The van der Waals surface area contributed by atoms with Gasteiger partial charge in [-0.05, 0) is 41.5 Å². The normalized spacial score (nSPS) is 10.8. The van der Waals surface area contributed by atoms with Crippen molar-refractivity contribution >= 4 is 17.7 Å². The molecule has 0 bridgehead atoms. The summed E-state index contributed by atoms with van der Waals surface area (Å²) in [6, 6.07) is 25.4. The highest BCUT2D eigenvalue weighted by atomic mass is 19.1. The first kappa shape index (κ1) is 16.7. The lowest BCUT2D eigenvalue weighted by atomic mass is 10.1. The maximum atomic E-state index is 13.0. The number of hydrogen-bond acceptors (Lipinski definition) is 1. The first-order valence-corrected chi connectivity index (χ1v) is 8.06. The predicted octanol–water partition coefficient (Wildman–Crippen LogP) is 5.07. The van der Waals surface area contributed by atoms with E-state index >= 15 is 0 Å². The molecule has 1 amide bonds. The summed E-state index contributed by atoms with van der Waals surface area (Å²) in [5, 5.41) is 0. The summed E-state index contributed by atoms with van der Waals surface area (Å²) in [6.45, 7) is 0.484. The molecule has 0 heterocycles. The molecule has 2 nitrogen and oxygen atoms in total. The second-order valence-corrected chi connectivity index (χ2v) is 5.63. The molecule has 0 spiro atoms. The molecular weight excluding hydrogens is 313 g/mol. The third-order valence-electron chi connectivity index (χ3n) is 3.81. The zero-order chi connectivity index (χ0) is 17.5. The van der Waals surface area contributed by atoms with Crippen LogP contribution >= 0.6 is 0 Å². The van der Waals surface area contributed by atoms with Gasteiger partial charge in [0.25, 0.3) is 5.91 Å². The minimum atomic E-state index is -0.293. The molecule has 0 N–H and O–H groups in total. The molecule has 0 saturated carbocycles. The standard InChI is InChI=1S/C22H18FNO/c23-20-14-11-18(12-15-20)13-16-22(25)24(21-9-5-2-6-10-21)17-19-7-3-1-4-8-19/h1-16H,17H2/b16-13+. The molecule has 0 aromatic heterocycles. The molecule has 0 atom stereocenters. The average molecular weight is 331 g/mol. The van der Waals surface area contributed by atoms with E-state index in [9.17, 15) is 9.18 Å². The molecule has 3 aromatic carbocycles. The van der Waals surface area contributed by atoms with Crippen LogP contribution in [0.1, 0.15) is 11.1 Å². The number of hydrogen-bond donors (Lipinski definition) is 0. The van der Waals surface area contributed by atoms with E-state index in [1.54, 1.807) is 23.1 Å². The van der Waals surface area contributed by atoms with Crippen molar-refractivity contribution in [2.45, 2.75) is 6.54 Å². The summed E-state index contributed by atoms with van der Waals surface area (Å²) in [6.07, 6.45) is 3.21. The van der Waals surface area contributed by atoms with Crippen LogP contribution in [0.25, 0.3) is 6.08 Å². The van der Waals surface area contributed by atoms with E-state index in [1.807, 2.05) is 60.7 Å². The predicted molar refractivity (Wildman–Crippen MR) is 99.5 cm³/mol. The quantitative estimate of drug-likeness (QED) is 0.598. The molecule has 0 radical (unpaired) electrons. The van der Waals surface area contributed by atoms with Gasteiger partial charge in [-0.3, -0.25) is 4.79 Å². The Kier molecular flexibility index (Phi) is 5.37. The van der Waals surface area contributed by atoms with Crippen LogP contribution in [0.4, 0.5) is 10.1 Å². The average Bonchev–Trinajstić information content (AvgIpc) is 2.67. The van der Waals surface area contributed by atoms with Gasteiger partial charge in [0.05, 0.1) is 6.54 Å². The highest BCUT2D eigenvalue weighted by Crippen LogP contribution is 2.18. The van der Waals surface area contributed by atoms with Gasteiger partial charge in [0.15, 0.2) is 0 Å². The van der Waals surface area contributed by atoms with Crippen LogP contribution in [-0.4, -0.2) is 5.91 Å². The number of carbonyl (C=O) groups is 1. The molecule has 0 aliphatic heterocycles. The van der Waals surface area contributed by atoms with Crippen LogP contribution in [0, 0.1) is 5.82 Å². The van der Waals surface area contributed by atoms with Gasteiger partial charge in [0.1, 0.15) is 5.82 Å². The van der Waals surface area contributed by atoms with E-state index in [2.05, 4.69) is 0 Å². The first-order valence-electron chi connectivity index (χ1n) is 8.06. The summed E-state index contributed by atoms with van der Waals surface area (Å²) >= 11 is 0. The SMILES string of the molecule is O=C(/C=C/c1ccc(F)cc1)N(Cc1ccccc1)c1ccccc1. The third kappa shape index (κ3) is 4.64. The summed E-state index contributed by atoms with van der Waals surface area (Å²) in [5.41, 5.74) is 2.66. The van der Waals surface area contributed by atoms with E-state index in [0.717, 1.165) is 16.8 Å². The number of benzene rings is 3. The molecule has 25 heavy (non-hydrogen) atoms. The molecule has 3 rings (SSSR count). The highest BCUT2D eigenvalue weighted by Gasteiger charge is 2.13. The van der Waals surface area contributed by atoms with Crippen molar-refractivity contribution in [3.05, 3.63) is 108 Å². The molecule has 0 aliphatic rings. The van der Waals surface area contributed by atoms with E-state index in [4.69, 9.17) is 0 Å². The Labute approximate surface area is 146 Å². The van der Waals surface area contributed by atoms with Crippen molar-refractivity contribution < 1.29 is 9.18 Å². The second kappa shape index (κ2) is 8.06. The Bertz CT molecular complexity index is 842. The lowest BCUT2D eigenvalue weighted by Gasteiger charge is -2.21. The Hall–Kier alpha value is -3.20. The fraction of sp³-hybridized carbons (Fsp3) is 0.0455. The fourth-order valence-electron chi connectivity index (χ4n) is 2.50. The molecule has 0 fully saturated rings. The Morgan fingerprint density at radius 1 is 0.840 bits per heavy atom. The van der Waals surface area contributed by atoms with Crippen LogP contribution in [0.5, 0.6) is 0 Å². The smallest absolute Gasteiger partial charge is 0.251 e. The van der Waals surface area contributed by atoms with Gasteiger partial charge in [-0.25, -0.2) is 4.39 Å². The maximum absolute atomic E-state index is 13.0. The number of anilines is 1. The minimum Gasteiger partial charge on any atom is -0.304 e. The zero-order valence-corrected chi connectivity index (χ0v) is 13.7.